The van der Waals surface area contributed by atoms with Gasteiger partial charge in [0.2, 0.25) is 0 Å². The fraction of sp³-hybridized carbons (Fsp3) is 0.300. The van der Waals surface area contributed by atoms with Gasteiger partial charge in [0.1, 0.15) is 17.2 Å². The van der Waals surface area contributed by atoms with E-state index >= 15 is 0 Å². The smallest absolute Gasteiger partial charge is 0.255 e. The van der Waals surface area contributed by atoms with E-state index in [0.29, 0.717) is 18.1 Å². The van der Waals surface area contributed by atoms with Gasteiger partial charge >= 0.3 is 0 Å². The molecule has 1 unspecified atom stereocenters. The van der Waals surface area contributed by atoms with E-state index in [1.165, 1.54) is 90.3 Å². The number of methoxy groups -OCH3 is 1. The summed E-state index contributed by atoms with van der Waals surface area (Å²) in [6, 6.07) is 55.7. The van der Waals surface area contributed by atoms with Gasteiger partial charge < -0.3 is 19.5 Å². The lowest BCUT2D eigenvalue weighted by Gasteiger charge is -2.38. The van der Waals surface area contributed by atoms with Gasteiger partial charge in [0.15, 0.2) is 5.60 Å². The standard InChI is InChI=1S/C70H71NO4/c1-7-9-11-12-47-14-16-48(17-15-47)49-18-20-50(21-19-49)51-22-24-53(25-23-51)68(72)71-57-33-26-52(27-34-57)54-28-40-60-63(45-54)65-61-39-13-46(3)44-64(61)69(4,5)66(65)62-41-42-70(75-67(60)62,55-29-35-58(73-6)36-30-55)56-31-37-59(38-32-56)74-43-10-8-2/h13,18-42,44-45,47-48H,7-12,14-17,43H2,1-6H3,(H,71,72). The average Bonchev–Trinajstić information content (AvgIpc) is 3.78. The van der Waals surface area contributed by atoms with E-state index in [1.54, 1.807) is 7.11 Å². The van der Waals surface area contributed by atoms with Crippen LogP contribution < -0.4 is 19.5 Å². The van der Waals surface area contributed by atoms with Gasteiger partial charge in [-0.25, -0.2) is 0 Å². The molecule has 0 bridgehead atoms. The highest BCUT2D eigenvalue weighted by Crippen LogP contribution is 2.59. The lowest BCUT2D eigenvalue weighted by Crippen LogP contribution is -2.35. The first-order valence-electron chi connectivity index (χ1n) is 27.7. The average molecular weight is 990 g/mol. The van der Waals surface area contributed by atoms with Gasteiger partial charge in [-0.2, -0.15) is 0 Å². The third-order valence-corrected chi connectivity index (χ3v) is 16.8. The summed E-state index contributed by atoms with van der Waals surface area (Å²) < 4.78 is 19.4. The van der Waals surface area contributed by atoms with Crippen LogP contribution in [0.15, 0.2) is 164 Å². The normalized spacial score (nSPS) is 18.2. The van der Waals surface area contributed by atoms with E-state index in [2.05, 4.69) is 173 Å². The molecular weight excluding hydrogens is 919 g/mol. The quantitative estimate of drug-likeness (QED) is 0.0980. The van der Waals surface area contributed by atoms with Crippen LogP contribution >= 0.6 is 0 Å². The lowest BCUT2D eigenvalue weighted by atomic mass is 9.76. The van der Waals surface area contributed by atoms with Gasteiger partial charge in [0.25, 0.3) is 5.91 Å². The summed E-state index contributed by atoms with van der Waals surface area (Å²) in [6.45, 7) is 12.0. The highest BCUT2D eigenvalue weighted by atomic mass is 16.5. The highest BCUT2D eigenvalue weighted by molar-refractivity contribution is 6.10. The third kappa shape index (κ3) is 9.67. The van der Waals surface area contributed by atoms with Gasteiger partial charge in [-0.05, 0) is 173 Å². The van der Waals surface area contributed by atoms with Crippen molar-refractivity contribution in [3.8, 4) is 50.6 Å². The molecule has 3 aliphatic rings. The number of amides is 1. The van der Waals surface area contributed by atoms with E-state index in [1.807, 2.05) is 36.4 Å². The van der Waals surface area contributed by atoms with Crippen LogP contribution in [0.25, 0.3) is 50.2 Å². The Labute approximate surface area is 445 Å². The zero-order valence-electron chi connectivity index (χ0n) is 44.7. The monoisotopic (exact) mass is 990 g/mol. The van der Waals surface area contributed by atoms with Crippen molar-refractivity contribution in [2.45, 2.75) is 116 Å². The number of fused-ring (bicyclic) bond motifs is 8. The number of ether oxygens (including phenoxy) is 3. The molecule has 75 heavy (non-hydrogen) atoms. The molecule has 1 aliphatic heterocycles. The summed E-state index contributed by atoms with van der Waals surface area (Å²) in [6.07, 6.45) is 17.4. The van der Waals surface area contributed by atoms with Crippen LogP contribution in [0.4, 0.5) is 5.69 Å². The van der Waals surface area contributed by atoms with Crippen molar-refractivity contribution in [3.63, 3.8) is 0 Å². The Kier molecular flexibility index (Phi) is 14.0. The molecule has 380 valence electrons. The highest BCUT2D eigenvalue weighted by Gasteiger charge is 2.44. The topological polar surface area (TPSA) is 56.8 Å². The minimum absolute atomic E-state index is 0.131. The van der Waals surface area contributed by atoms with Crippen LogP contribution in [0.5, 0.6) is 17.2 Å². The lowest BCUT2D eigenvalue weighted by molar-refractivity contribution is 0.102. The SMILES string of the molecule is CCCCCC1CCC(c2ccc(-c3ccc(C(=O)Nc4ccc(-c5ccc6c7c(c8c(c6c5)-c5ccc(C)cc5C8(C)C)C=CC(c5ccc(OC)cc5)(c5ccc(OCCCC)cc5)O7)cc4)cc3)cc2)CC1. The van der Waals surface area contributed by atoms with Crippen molar-refractivity contribution in [2.75, 3.05) is 19.0 Å². The van der Waals surface area contributed by atoms with Gasteiger partial charge in [-0.15, -0.1) is 0 Å². The van der Waals surface area contributed by atoms with Crippen LogP contribution in [-0.2, 0) is 11.0 Å². The van der Waals surface area contributed by atoms with E-state index in [-0.39, 0.29) is 11.3 Å². The molecule has 5 heteroatoms. The van der Waals surface area contributed by atoms with Crippen molar-refractivity contribution in [3.05, 3.63) is 208 Å². The molecule has 0 spiro atoms. The maximum absolute atomic E-state index is 13.7. The van der Waals surface area contributed by atoms with Gasteiger partial charge in [0.05, 0.1) is 13.7 Å². The Hall–Kier alpha value is -7.37. The fourth-order valence-electron chi connectivity index (χ4n) is 12.4. The maximum atomic E-state index is 13.7. The second-order valence-corrected chi connectivity index (χ2v) is 22.0. The van der Waals surface area contributed by atoms with E-state index in [9.17, 15) is 4.79 Å². The predicted octanol–water partition coefficient (Wildman–Crippen LogP) is 18.4. The first kappa shape index (κ1) is 49.8. The summed E-state index contributed by atoms with van der Waals surface area (Å²) in [5, 5.41) is 5.35. The number of anilines is 1. The van der Waals surface area contributed by atoms with Crippen molar-refractivity contribution < 1.29 is 19.0 Å². The molecule has 0 saturated heterocycles. The molecule has 0 aromatic heterocycles. The number of rotatable bonds is 16. The van der Waals surface area contributed by atoms with Crippen molar-refractivity contribution in [1.82, 2.24) is 0 Å². The molecule has 11 rings (SSSR count). The first-order valence-corrected chi connectivity index (χ1v) is 27.7. The minimum Gasteiger partial charge on any atom is -0.497 e. The number of aryl methyl sites for hydroxylation is 1. The number of unbranched alkanes of at least 4 members (excludes halogenated alkanes) is 3. The van der Waals surface area contributed by atoms with Crippen molar-refractivity contribution in [1.29, 1.82) is 0 Å². The third-order valence-electron chi connectivity index (χ3n) is 16.8. The zero-order valence-corrected chi connectivity index (χ0v) is 44.7. The molecule has 1 N–H and O–H groups in total. The Morgan fingerprint density at radius 1 is 0.653 bits per heavy atom. The maximum Gasteiger partial charge on any atom is 0.255 e. The molecule has 1 amide bonds. The predicted molar refractivity (Wildman–Crippen MR) is 311 cm³/mol. The molecule has 1 fully saturated rings. The van der Waals surface area contributed by atoms with Gasteiger partial charge in [0, 0.05) is 38.7 Å². The number of hydrogen-bond acceptors (Lipinski definition) is 4. The van der Waals surface area contributed by atoms with Crippen LogP contribution in [0.1, 0.15) is 147 Å². The van der Waals surface area contributed by atoms with E-state index < -0.39 is 5.60 Å². The minimum atomic E-state index is -0.937. The summed E-state index contributed by atoms with van der Waals surface area (Å²) in [5.41, 5.74) is 15.5. The number of benzene rings is 8. The van der Waals surface area contributed by atoms with Crippen LogP contribution in [-0.4, -0.2) is 19.6 Å². The molecule has 0 radical (unpaired) electrons. The molecule has 1 saturated carbocycles. The van der Waals surface area contributed by atoms with Gasteiger partial charge in [-0.1, -0.05) is 169 Å². The first-order chi connectivity index (χ1) is 36.6. The molecule has 2 aliphatic carbocycles. The number of hydrogen-bond donors (Lipinski definition) is 1. The number of nitrogens with one attached hydrogen (secondary N) is 1. The molecule has 1 atom stereocenters. The summed E-state index contributed by atoms with van der Waals surface area (Å²) in [7, 11) is 1.70. The van der Waals surface area contributed by atoms with Crippen molar-refractivity contribution >= 4 is 28.4 Å². The zero-order chi connectivity index (χ0) is 51.7. The Bertz CT molecular complexity index is 3360. The number of carbonyl (C=O) groups excluding carboxylic acids is 1. The Morgan fingerprint density at radius 2 is 1.28 bits per heavy atom. The second-order valence-electron chi connectivity index (χ2n) is 22.0. The molecule has 5 nitrogen and oxygen atoms in total. The van der Waals surface area contributed by atoms with E-state index in [4.69, 9.17) is 14.2 Å². The molecular formula is C70H71NO4. The van der Waals surface area contributed by atoms with Crippen LogP contribution in [0.3, 0.4) is 0 Å². The van der Waals surface area contributed by atoms with Crippen molar-refractivity contribution in [2.24, 2.45) is 5.92 Å². The molecule has 1 heterocycles. The second kappa shape index (κ2) is 21.1. The largest absolute Gasteiger partial charge is 0.497 e. The Morgan fingerprint density at radius 3 is 1.95 bits per heavy atom. The summed E-state index contributed by atoms with van der Waals surface area (Å²) in [4.78, 5) is 13.7. The van der Waals surface area contributed by atoms with Crippen LogP contribution in [0, 0.1) is 12.8 Å². The fourth-order valence-corrected chi connectivity index (χ4v) is 12.4. The molecule has 8 aromatic carbocycles. The van der Waals surface area contributed by atoms with E-state index in [0.717, 1.165) is 85.8 Å². The Balaban J connectivity index is 0.869. The van der Waals surface area contributed by atoms with Crippen LogP contribution in [0.2, 0.25) is 0 Å². The number of carbonyl (C=O) groups is 1. The molecule has 8 aromatic rings. The summed E-state index contributed by atoms with van der Waals surface area (Å²) in [5.74, 6) is 3.95. The summed E-state index contributed by atoms with van der Waals surface area (Å²) >= 11 is 0. The van der Waals surface area contributed by atoms with Gasteiger partial charge in [-0.3, -0.25) is 4.79 Å².